The van der Waals surface area contributed by atoms with Crippen molar-refractivity contribution in [2.45, 2.75) is 20.4 Å². The van der Waals surface area contributed by atoms with E-state index in [0.717, 1.165) is 24.7 Å². The number of nitrogens with one attached hydrogen (secondary N) is 1. The molecule has 0 saturated heterocycles. The van der Waals surface area contributed by atoms with E-state index >= 15 is 0 Å². The summed E-state index contributed by atoms with van der Waals surface area (Å²) in [5.41, 5.74) is 3.68. The summed E-state index contributed by atoms with van der Waals surface area (Å²) >= 11 is 5.94. The Morgan fingerprint density at radius 3 is 2.15 bits per heavy atom. The number of benzene rings is 2. The highest BCUT2D eigenvalue weighted by Crippen LogP contribution is 2.20. The van der Waals surface area contributed by atoms with E-state index in [4.69, 9.17) is 11.6 Å². The van der Waals surface area contributed by atoms with Gasteiger partial charge >= 0.3 is 0 Å². The Labute approximate surface area is 126 Å². The molecule has 0 fully saturated rings. The van der Waals surface area contributed by atoms with Crippen LogP contribution >= 0.6 is 11.6 Å². The van der Waals surface area contributed by atoms with Crippen molar-refractivity contribution in [2.24, 2.45) is 0 Å². The Morgan fingerprint density at radius 1 is 0.950 bits per heavy atom. The van der Waals surface area contributed by atoms with Crippen LogP contribution in [0.15, 0.2) is 48.5 Å². The molecular formula is C17H21ClN2. The molecule has 0 spiro atoms. The van der Waals surface area contributed by atoms with E-state index in [1.54, 1.807) is 0 Å². The molecule has 0 heterocycles. The molecule has 0 aliphatic heterocycles. The summed E-state index contributed by atoms with van der Waals surface area (Å²) in [7, 11) is 0. The third-order valence-corrected chi connectivity index (χ3v) is 3.53. The van der Waals surface area contributed by atoms with Crippen molar-refractivity contribution in [1.29, 1.82) is 0 Å². The van der Waals surface area contributed by atoms with Gasteiger partial charge in [-0.25, -0.2) is 0 Å². The molecule has 2 rings (SSSR count). The van der Waals surface area contributed by atoms with Gasteiger partial charge in [0.15, 0.2) is 0 Å². The van der Waals surface area contributed by atoms with Gasteiger partial charge in [0.2, 0.25) is 0 Å². The van der Waals surface area contributed by atoms with Crippen LogP contribution in [0.5, 0.6) is 0 Å². The summed E-state index contributed by atoms with van der Waals surface area (Å²) in [5, 5.41) is 4.09. The standard InChI is InChI=1S/C17H21ClN2/c1-3-19-16-9-5-14(6-10-16)13-20(4-2)17-11-7-15(18)8-12-17/h5-12,19H,3-4,13H2,1-2H3. The first kappa shape index (κ1) is 14.7. The minimum atomic E-state index is 0.778. The Bertz CT molecular complexity index is 520. The maximum absolute atomic E-state index is 5.94. The van der Waals surface area contributed by atoms with Crippen molar-refractivity contribution >= 4 is 23.0 Å². The zero-order valence-corrected chi connectivity index (χ0v) is 12.8. The van der Waals surface area contributed by atoms with E-state index in [2.05, 4.69) is 60.5 Å². The van der Waals surface area contributed by atoms with Crippen LogP contribution in [0.4, 0.5) is 11.4 Å². The van der Waals surface area contributed by atoms with Gasteiger partial charge in [-0.1, -0.05) is 23.7 Å². The van der Waals surface area contributed by atoms with Gasteiger partial charge in [-0.05, 0) is 55.8 Å². The molecule has 0 aliphatic rings. The van der Waals surface area contributed by atoms with Crippen molar-refractivity contribution in [3.8, 4) is 0 Å². The van der Waals surface area contributed by atoms with E-state index in [1.807, 2.05) is 12.1 Å². The Balaban J connectivity index is 2.07. The third-order valence-electron chi connectivity index (χ3n) is 3.28. The lowest BCUT2D eigenvalue weighted by Crippen LogP contribution is -2.21. The minimum Gasteiger partial charge on any atom is -0.385 e. The summed E-state index contributed by atoms with van der Waals surface area (Å²) in [6, 6.07) is 16.6. The highest BCUT2D eigenvalue weighted by molar-refractivity contribution is 6.30. The lowest BCUT2D eigenvalue weighted by molar-refractivity contribution is 0.832. The van der Waals surface area contributed by atoms with Gasteiger partial charge in [0.1, 0.15) is 0 Å². The van der Waals surface area contributed by atoms with Gasteiger partial charge in [0, 0.05) is 36.0 Å². The van der Waals surface area contributed by atoms with E-state index in [0.29, 0.717) is 0 Å². The summed E-state index contributed by atoms with van der Waals surface area (Å²) in [4.78, 5) is 2.33. The topological polar surface area (TPSA) is 15.3 Å². The first-order valence-electron chi connectivity index (χ1n) is 7.06. The third kappa shape index (κ3) is 3.91. The van der Waals surface area contributed by atoms with Crippen molar-refractivity contribution in [1.82, 2.24) is 0 Å². The molecule has 2 aromatic carbocycles. The molecule has 2 nitrogen and oxygen atoms in total. The first-order valence-corrected chi connectivity index (χ1v) is 7.44. The molecule has 0 radical (unpaired) electrons. The summed E-state index contributed by atoms with van der Waals surface area (Å²) in [6.07, 6.45) is 0. The van der Waals surface area contributed by atoms with Crippen molar-refractivity contribution in [3.05, 3.63) is 59.1 Å². The van der Waals surface area contributed by atoms with E-state index in [9.17, 15) is 0 Å². The van der Waals surface area contributed by atoms with E-state index in [1.165, 1.54) is 16.9 Å². The predicted octanol–water partition coefficient (Wildman–Crippen LogP) is 4.80. The Kier molecular flexibility index (Phi) is 5.31. The monoisotopic (exact) mass is 288 g/mol. The Hall–Kier alpha value is -1.67. The van der Waals surface area contributed by atoms with Crippen LogP contribution in [-0.4, -0.2) is 13.1 Å². The number of hydrogen-bond acceptors (Lipinski definition) is 2. The van der Waals surface area contributed by atoms with Crippen LogP contribution in [0, 0.1) is 0 Å². The van der Waals surface area contributed by atoms with Crippen LogP contribution < -0.4 is 10.2 Å². The van der Waals surface area contributed by atoms with Gasteiger partial charge in [0.05, 0.1) is 0 Å². The van der Waals surface area contributed by atoms with Gasteiger partial charge in [-0.3, -0.25) is 0 Å². The van der Waals surface area contributed by atoms with E-state index < -0.39 is 0 Å². The van der Waals surface area contributed by atoms with Gasteiger partial charge < -0.3 is 10.2 Å². The minimum absolute atomic E-state index is 0.778. The maximum atomic E-state index is 5.94. The van der Waals surface area contributed by atoms with Gasteiger partial charge in [0.25, 0.3) is 0 Å². The van der Waals surface area contributed by atoms with Gasteiger partial charge in [-0.15, -0.1) is 0 Å². The molecule has 0 saturated carbocycles. The molecule has 0 amide bonds. The van der Waals surface area contributed by atoms with E-state index in [-0.39, 0.29) is 0 Å². The number of nitrogens with zero attached hydrogens (tertiary/aromatic N) is 1. The molecule has 0 aliphatic carbocycles. The molecule has 20 heavy (non-hydrogen) atoms. The second-order valence-corrected chi connectivity index (χ2v) is 5.15. The fourth-order valence-electron chi connectivity index (χ4n) is 2.19. The normalized spacial score (nSPS) is 10.3. The first-order chi connectivity index (χ1) is 9.72. The quantitative estimate of drug-likeness (QED) is 0.821. The van der Waals surface area contributed by atoms with Crippen molar-refractivity contribution in [3.63, 3.8) is 0 Å². The zero-order chi connectivity index (χ0) is 14.4. The SMILES string of the molecule is CCNc1ccc(CN(CC)c2ccc(Cl)cc2)cc1. The molecule has 0 bridgehead atoms. The van der Waals surface area contributed by atoms with Gasteiger partial charge in [-0.2, -0.15) is 0 Å². The number of anilines is 2. The molecule has 1 N–H and O–H groups in total. The van der Waals surface area contributed by atoms with Crippen LogP contribution in [0.3, 0.4) is 0 Å². The molecule has 106 valence electrons. The Morgan fingerprint density at radius 2 is 1.60 bits per heavy atom. The molecule has 2 aromatic rings. The molecule has 0 aromatic heterocycles. The van der Waals surface area contributed by atoms with Crippen molar-refractivity contribution in [2.75, 3.05) is 23.3 Å². The second-order valence-electron chi connectivity index (χ2n) is 4.72. The van der Waals surface area contributed by atoms with Crippen LogP contribution in [0.2, 0.25) is 5.02 Å². The maximum Gasteiger partial charge on any atom is 0.0429 e. The fourth-order valence-corrected chi connectivity index (χ4v) is 2.32. The lowest BCUT2D eigenvalue weighted by atomic mass is 10.1. The summed E-state index contributed by atoms with van der Waals surface area (Å²) in [5.74, 6) is 0. The van der Waals surface area contributed by atoms with Crippen LogP contribution in [0.25, 0.3) is 0 Å². The smallest absolute Gasteiger partial charge is 0.0429 e. The largest absolute Gasteiger partial charge is 0.385 e. The number of rotatable bonds is 6. The summed E-state index contributed by atoms with van der Waals surface area (Å²) in [6.45, 7) is 7.10. The zero-order valence-electron chi connectivity index (χ0n) is 12.1. The predicted molar refractivity (Wildman–Crippen MR) is 88.8 cm³/mol. The second kappa shape index (κ2) is 7.20. The average Bonchev–Trinajstić information content (AvgIpc) is 2.48. The highest BCUT2D eigenvalue weighted by atomic mass is 35.5. The van der Waals surface area contributed by atoms with Crippen LogP contribution in [0.1, 0.15) is 19.4 Å². The molecule has 0 atom stereocenters. The fraction of sp³-hybridized carbons (Fsp3) is 0.294. The number of halogens is 1. The number of hydrogen-bond donors (Lipinski definition) is 1. The summed E-state index contributed by atoms with van der Waals surface area (Å²) < 4.78 is 0. The molecule has 3 heteroatoms. The molecule has 0 unspecified atom stereocenters. The average molecular weight is 289 g/mol. The van der Waals surface area contributed by atoms with Crippen LogP contribution in [-0.2, 0) is 6.54 Å². The lowest BCUT2D eigenvalue weighted by Gasteiger charge is -2.23. The highest BCUT2D eigenvalue weighted by Gasteiger charge is 2.05. The molecular weight excluding hydrogens is 268 g/mol. The van der Waals surface area contributed by atoms with Crippen molar-refractivity contribution < 1.29 is 0 Å².